The van der Waals surface area contributed by atoms with E-state index in [0.29, 0.717) is 0 Å². The van der Waals surface area contributed by atoms with E-state index in [1.807, 2.05) is 0 Å². The third-order valence-electron chi connectivity index (χ3n) is 4.54. The summed E-state index contributed by atoms with van der Waals surface area (Å²) in [6.45, 7) is 2.89. The highest BCUT2D eigenvalue weighted by atomic mass is 16.5. The topological polar surface area (TPSA) is 21.3 Å². The molecule has 2 heteroatoms. The van der Waals surface area contributed by atoms with Gasteiger partial charge >= 0.3 is 0 Å². The molecule has 104 valence electrons. The summed E-state index contributed by atoms with van der Waals surface area (Å²) in [5, 5.41) is 3.54. The minimum Gasteiger partial charge on any atom is -0.383 e. The van der Waals surface area contributed by atoms with Gasteiger partial charge in [0, 0.05) is 20.2 Å². The predicted molar refractivity (Wildman–Crippen MR) is 76.7 cm³/mol. The first-order chi connectivity index (χ1) is 8.90. The van der Waals surface area contributed by atoms with Crippen LogP contribution in [-0.2, 0) is 4.74 Å². The number of ether oxygens (including phenoxy) is 1. The van der Waals surface area contributed by atoms with Gasteiger partial charge in [0.15, 0.2) is 0 Å². The molecule has 1 N–H and O–H groups in total. The van der Waals surface area contributed by atoms with Crippen molar-refractivity contribution in [2.45, 2.75) is 51.4 Å². The van der Waals surface area contributed by atoms with E-state index in [2.05, 4.69) is 11.4 Å². The number of allylic oxidation sites excluding steroid dienone is 1. The fourth-order valence-electron chi connectivity index (χ4n) is 3.13. The van der Waals surface area contributed by atoms with Crippen LogP contribution >= 0.6 is 0 Å². The number of hydrogen-bond acceptors (Lipinski definition) is 2. The molecular formula is C16H29NO. The summed E-state index contributed by atoms with van der Waals surface area (Å²) in [4.78, 5) is 0. The molecule has 0 aromatic carbocycles. The Bertz CT molecular complexity index is 252. The van der Waals surface area contributed by atoms with Gasteiger partial charge < -0.3 is 10.1 Å². The summed E-state index contributed by atoms with van der Waals surface area (Å²) in [7, 11) is 1.77. The molecule has 2 rings (SSSR count). The van der Waals surface area contributed by atoms with Crippen LogP contribution in [0.5, 0.6) is 0 Å². The molecule has 0 unspecified atom stereocenters. The molecule has 2 fully saturated rings. The maximum Gasteiger partial charge on any atom is 0.0587 e. The summed E-state index contributed by atoms with van der Waals surface area (Å²) < 4.78 is 5.10. The van der Waals surface area contributed by atoms with Crippen molar-refractivity contribution >= 4 is 0 Å². The summed E-state index contributed by atoms with van der Waals surface area (Å²) in [5.74, 6) is 1.76. The van der Waals surface area contributed by atoms with E-state index in [1.54, 1.807) is 12.7 Å². The van der Waals surface area contributed by atoms with E-state index < -0.39 is 0 Å². The van der Waals surface area contributed by atoms with Crippen LogP contribution in [0.4, 0.5) is 0 Å². The molecule has 0 amide bonds. The van der Waals surface area contributed by atoms with Gasteiger partial charge in [0.05, 0.1) is 6.61 Å². The minimum absolute atomic E-state index is 0.821. The van der Waals surface area contributed by atoms with E-state index in [4.69, 9.17) is 4.74 Å². The Kier molecular flexibility index (Phi) is 6.22. The van der Waals surface area contributed by atoms with E-state index in [-0.39, 0.29) is 0 Å². The molecule has 0 heterocycles. The van der Waals surface area contributed by atoms with Crippen LogP contribution < -0.4 is 5.32 Å². The van der Waals surface area contributed by atoms with Gasteiger partial charge in [-0.25, -0.2) is 0 Å². The lowest BCUT2D eigenvalue weighted by molar-refractivity contribution is 0.200. The molecule has 0 atom stereocenters. The van der Waals surface area contributed by atoms with Crippen molar-refractivity contribution in [1.29, 1.82) is 0 Å². The Labute approximate surface area is 112 Å². The highest BCUT2D eigenvalue weighted by molar-refractivity contribution is 5.12. The van der Waals surface area contributed by atoms with Gasteiger partial charge in [0.2, 0.25) is 0 Å². The molecule has 0 radical (unpaired) electrons. The maximum absolute atomic E-state index is 5.10. The molecular weight excluding hydrogens is 222 g/mol. The van der Waals surface area contributed by atoms with Crippen LogP contribution in [-0.4, -0.2) is 26.8 Å². The highest BCUT2D eigenvalue weighted by Crippen LogP contribution is 2.34. The lowest BCUT2D eigenvalue weighted by Crippen LogP contribution is -2.26. The van der Waals surface area contributed by atoms with E-state index >= 15 is 0 Å². The normalized spacial score (nSPS) is 23.1. The van der Waals surface area contributed by atoms with Crippen LogP contribution in [0.15, 0.2) is 11.6 Å². The third-order valence-corrected chi connectivity index (χ3v) is 4.54. The van der Waals surface area contributed by atoms with Crippen molar-refractivity contribution in [3.63, 3.8) is 0 Å². The van der Waals surface area contributed by atoms with Gasteiger partial charge in [-0.05, 0) is 37.5 Å². The number of methoxy groups -OCH3 is 1. The molecule has 2 aliphatic carbocycles. The Balaban J connectivity index is 1.82. The minimum atomic E-state index is 0.821. The molecule has 2 saturated carbocycles. The molecule has 0 bridgehead atoms. The Hall–Kier alpha value is -0.340. The van der Waals surface area contributed by atoms with Crippen molar-refractivity contribution in [3.8, 4) is 0 Å². The first kappa shape index (κ1) is 14.1. The second-order valence-electron chi connectivity index (χ2n) is 5.94. The van der Waals surface area contributed by atoms with Gasteiger partial charge in [0.25, 0.3) is 0 Å². The second kappa shape index (κ2) is 7.96. The quantitative estimate of drug-likeness (QED) is 0.552. The molecule has 2 nitrogen and oxygen atoms in total. The monoisotopic (exact) mass is 251 g/mol. The first-order valence-electron chi connectivity index (χ1n) is 7.80. The molecule has 0 spiro atoms. The van der Waals surface area contributed by atoms with Crippen molar-refractivity contribution in [2.24, 2.45) is 11.8 Å². The fraction of sp³-hybridized carbons (Fsp3) is 0.875. The average Bonchev–Trinajstić information content (AvgIpc) is 2.37. The van der Waals surface area contributed by atoms with Gasteiger partial charge in [-0.2, -0.15) is 0 Å². The van der Waals surface area contributed by atoms with Crippen LogP contribution in [0.25, 0.3) is 0 Å². The molecule has 0 aromatic heterocycles. The van der Waals surface area contributed by atoms with E-state index in [0.717, 1.165) is 31.5 Å². The summed E-state index contributed by atoms with van der Waals surface area (Å²) in [6.07, 6.45) is 14.1. The zero-order chi connectivity index (χ0) is 12.6. The van der Waals surface area contributed by atoms with Gasteiger partial charge in [-0.15, -0.1) is 0 Å². The molecule has 2 aliphatic rings. The van der Waals surface area contributed by atoms with E-state index in [1.165, 1.54) is 51.4 Å². The molecule has 18 heavy (non-hydrogen) atoms. The zero-order valence-corrected chi connectivity index (χ0v) is 11.9. The largest absolute Gasteiger partial charge is 0.383 e. The SMILES string of the molecule is COCCNCC(=CC1CCC1)C1CCCCC1. The Morgan fingerprint density at radius 2 is 1.89 bits per heavy atom. The van der Waals surface area contributed by atoms with E-state index in [9.17, 15) is 0 Å². The average molecular weight is 251 g/mol. The Morgan fingerprint density at radius 1 is 1.11 bits per heavy atom. The molecule has 0 saturated heterocycles. The third kappa shape index (κ3) is 4.40. The highest BCUT2D eigenvalue weighted by Gasteiger charge is 2.21. The summed E-state index contributed by atoms with van der Waals surface area (Å²) in [5.41, 5.74) is 1.70. The maximum atomic E-state index is 5.10. The van der Waals surface area contributed by atoms with Crippen molar-refractivity contribution in [1.82, 2.24) is 5.32 Å². The molecule has 0 aromatic rings. The summed E-state index contributed by atoms with van der Waals surface area (Å²) in [6, 6.07) is 0. The van der Waals surface area contributed by atoms with Gasteiger partial charge in [0.1, 0.15) is 0 Å². The predicted octanol–water partition coefficient (Wildman–Crippen LogP) is 3.53. The van der Waals surface area contributed by atoms with Crippen molar-refractivity contribution in [3.05, 3.63) is 11.6 Å². The summed E-state index contributed by atoms with van der Waals surface area (Å²) >= 11 is 0. The zero-order valence-electron chi connectivity index (χ0n) is 11.9. The fourth-order valence-corrected chi connectivity index (χ4v) is 3.13. The van der Waals surface area contributed by atoms with Crippen LogP contribution in [0.2, 0.25) is 0 Å². The number of nitrogens with one attached hydrogen (secondary N) is 1. The smallest absolute Gasteiger partial charge is 0.0587 e. The second-order valence-corrected chi connectivity index (χ2v) is 5.94. The van der Waals surface area contributed by atoms with Crippen molar-refractivity contribution < 1.29 is 4.74 Å². The lowest BCUT2D eigenvalue weighted by atomic mass is 9.78. The van der Waals surface area contributed by atoms with Crippen molar-refractivity contribution in [2.75, 3.05) is 26.8 Å². The van der Waals surface area contributed by atoms with Gasteiger partial charge in [-0.3, -0.25) is 0 Å². The Morgan fingerprint density at radius 3 is 2.50 bits per heavy atom. The number of rotatable bonds is 7. The van der Waals surface area contributed by atoms with Crippen LogP contribution in [0.1, 0.15) is 51.4 Å². The van der Waals surface area contributed by atoms with Gasteiger partial charge in [-0.1, -0.05) is 37.3 Å². The number of hydrogen-bond donors (Lipinski definition) is 1. The van der Waals surface area contributed by atoms with Crippen LogP contribution in [0, 0.1) is 11.8 Å². The first-order valence-corrected chi connectivity index (χ1v) is 7.80. The standard InChI is InChI=1S/C16H29NO/c1-18-11-10-17-13-16(12-14-6-5-7-14)15-8-3-2-4-9-15/h12,14-15,17H,2-11,13H2,1H3. The lowest BCUT2D eigenvalue weighted by Gasteiger charge is -2.29. The molecule has 0 aliphatic heterocycles. The van der Waals surface area contributed by atoms with Crippen LogP contribution in [0.3, 0.4) is 0 Å².